The van der Waals surface area contributed by atoms with Crippen molar-refractivity contribution in [3.8, 4) is 21.9 Å². The van der Waals surface area contributed by atoms with Crippen LogP contribution in [-0.2, 0) is 9.09 Å². The minimum atomic E-state index is -3.62. The monoisotopic (exact) mass is 518 g/mol. The second kappa shape index (κ2) is 9.39. The summed E-state index contributed by atoms with van der Waals surface area (Å²) in [7, 11) is -2.29. The number of anilines is 1. The number of carbonyl (C=O) groups is 1. The molecule has 0 aliphatic heterocycles. The molecule has 5 aromatic rings. The van der Waals surface area contributed by atoms with Gasteiger partial charge in [-0.1, -0.05) is 60.2 Å². The number of nitrogens with one attached hydrogen (secondary N) is 1. The largest absolute Gasteiger partial charge is 0.477 e. The van der Waals surface area contributed by atoms with E-state index in [9.17, 15) is 14.5 Å². The van der Waals surface area contributed by atoms with E-state index in [-0.39, 0.29) is 10.7 Å². The van der Waals surface area contributed by atoms with Crippen molar-refractivity contribution < 1.29 is 23.4 Å². The van der Waals surface area contributed by atoms with E-state index >= 15 is 0 Å². The van der Waals surface area contributed by atoms with Crippen molar-refractivity contribution in [2.75, 3.05) is 12.2 Å². The van der Waals surface area contributed by atoms with E-state index in [0.29, 0.717) is 10.3 Å². The van der Waals surface area contributed by atoms with Crippen LogP contribution in [0.25, 0.3) is 32.9 Å². The van der Waals surface area contributed by atoms with Gasteiger partial charge >= 0.3 is 13.5 Å². The molecule has 0 spiro atoms. The molecule has 0 saturated heterocycles. The maximum atomic E-state index is 13.7. The highest BCUT2D eigenvalue weighted by Gasteiger charge is 2.31. The summed E-state index contributed by atoms with van der Waals surface area (Å²) in [6.45, 7) is 3.78. The average molecular weight is 519 g/mol. The Morgan fingerprint density at radius 3 is 2.42 bits per heavy atom. The average Bonchev–Trinajstić information content (AvgIpc) is 3.48. The standard InChI is InChI=1S/C27H23N2O5PS/c1-16-8-13-23(17(2)14-16)35(32,33-3)29-25-24(27(30)31)36-26(28-25)19-11-9-18(10-12-19)22-15-20-6-4-5-7-21(20)34-22/h4-15H,1-3H3,(H,29,32)(H,30,31). The molecule has 1 atom stereocenters. The van der Waals surface area contributed by atoms with Gasteiger partial charge in [-0.2, -0.15) is 0 Å². The number of aromatic nitrogens is 1. The van der Waals surface area contributed by atoms with Crippen LogP contribution in [-0.4, -0.2) is 23.2 Å². The van der Waals surface area contributed by atoms with Gasteiger partial charge in [0.25, 0.3) is 0 Å². The number of carboxylic acids is 1. The molecule has 0 fully saturated rings. The summed E-state index contributed by atoms with van der Waals surface area (Å²) in [5.74, 6) is -0.414. The lowest BCUT2D eigenvalue weighted by Gasteiger charge is -2.20. The summed E-state index contributed by atoms with van der Waals surface area (Å²) in [6, 6.07) is 22.8. The molecule has 0 aliphatic rings. The molecule has 0 aliphatic carbocycles. The van der Waals surface area contributed by atoms with Gasteiger partial charge in [0.2, 0.25) is 0 Å². The minimum Gasteiger partial charge on any atom is -0.477 e. The van der Waals surface area contributed by atoms with E-state index in [2.05, 4.69) is 10.1 Å². The molecule has 0 amide bonds. The van der Waals surface area contributed by atoms with Gasteiger partial charge in [0.05, 0.1) is 5.30 Å². The van der Waals surface area contributed by atoms with Crippen LogP contribution in [0.4, 0.5) is 5.82 Å². The number of hydrogen-bond donors (Lipinski definition) is 2. The molecule has 2 heterocycles. The van der Waals surface area contributed by atoms with Crippen molar-refractivity contribution >= 4 is 46.9 Å². The fourth-order valence-corrected chi connectivity index (χ4v) is 6.63. The Hall–Kier alpha value is -3.71. The van der Waals surface area contributed by atoms with Gasteiger partial charge < -0.3 is 14.0 Å². The molecule has 0 saturated carbocycles. The van der Waals surface area contributed by atoms with Crippen LogP contribution in [0.1, 0.15) is 20.8 Å². The maximum absolute atomic E-state index is 13.7. The number of carboxylic acid groups (broad SMARTS) is 1. The number of benzene rings is 3. The number of fused-ring (bicyclic) bond motifs is 1. The lowest BCUT2D eigenvalue weighted by atomic mass is 10.1. The zero-order valence-corrected chi connectivity index (χ0v) is 21.5. The summed E-state index contributed by atoms with van der Waals surface area (Å²) < 4.78 is 25.0. The first kappa shape index (κ1) is 24.0. The Morgan fingerprint density at radius 1 is 1.03 bits per heavy atom. The number of rotatable bonds is 7. The van der Waals surface area contributed by atoms with Gasteiger partial charge in [0.15, 0.2) is 10.7 Å². The summed E-state index contributed by atoms with van der Waals surface area (Å²) in [5.41, 5.74) is 4.23. The van der Waals surface area contributed by atoms with Gasteiger partial charge in [0.1, 0.15) is 16.4 Å². The second-order valence-corrected chi connectivity index (χ2v) is 11.5. The number of hydrogen-bond acceptors (Lipinski definition) is 6. The first-order chi connectivity index (χ1) is 17.3. The summed E-state index contributed by atoms with van der Waals surface area (Å²) >= 11 is 1.01. The molecular weight excluding hydrogens is 495 g/mol. The molecule has 2 N–H and O–H groups in total. The Morgan fingerprint density at radius 2 is 1.75 bits per heavy atom. The molecular formula is C27H23N2O5PS. The fraction of sp³-hybridized carbons (Fsp3) is 0.111. The van der Waals surface area contributed by atoms with Crippen LogP contribution < -0.4 is 10.4 Å². The first-order valence-corrected chi connectivity index (χ1v) is 13.6. The molecule has 1 unspecified atom stereocenters. The molecule has 182 valence electrons. The Balaban J connectivity index is 1.48. The third-order valence-corrected chi connectivity index (χ3v) is 9.09. The SMILES string of the molecule is COP(=O)(Nc1nc(-c2ccc(-c3cc4ccccc4o3)cc2)sc1C(=O)O)c1ccc(C)cc1C. The van der Waals surface area contributed by atoms with Crippen molar-refractivity contribution in [1.29, 1.82) is 0 Å². The van der Waals surface area contributed by atoms with Crippen molar-refractivity contribution in [1.82, 2.24) is 4.98 Å². The molecule has 36 heavy (non-hydrogen) atoms. The zero-order chi connectivity index (χ0) is 25.4. The van der Waals surface area contributed by atoms with E-state index in [1.807, 2.05) is 80.6 Å². The molecule has 7 nitrogen and oxygen atoms in total. The maximum Gasteiger partial charge on any atom is 0.349 e. The Labute approximate surface area is 211 Å². The zero-order valence-electron chi connectivity index (χ0n) is 19.8. The van der Waals surface area contributed by atoms with E-state index in [4.69, 9.17) is 8.94 Å². The van der Waals surface area contributed by atoms with Crippen molar-refractivity contribution in [3.63, 3.8) is 0 Å². The third-order valence-electron chi connectivity index (χ3n) is 5.84. The molecule has 0 bridgehead atoms. The Bertz CT molecular complexity index is 1610. The third kappa shape index (κ3) is 4.46. The Kier molecular flexibility index (Phi) is 6.26. The van der Waals surface area contributed by atoms with E-state index in [0.717, 1.165) is 50.3 Å². The number of aryl methyl sites for hydroxylation is 2. The number of nitrogens with zero attached hydrogens (tertiary/aromatic N) is 1. The van der Waals surface area contributed by atoms with Crippen molar-refractivity contribution in [3.05, 3.63) is 88.8 Å². The smallest absolute Gasteiger partial charge is 0.349 e. The normalized spacial score (nSPS) is 13.0. The van der Waals surface area contributed by atoms with Crippen molar-refractivity contribution in [2.45, 2.75) is 13.8 Å². The number of para-hydroxylation sites is 1. The quantitative estimate of drug-likeness (QED) is 0.221. The second-order valence-electron chi connectivity index (χ2n) is 8.36. The van der Waals surface area contributed by atoms with E-state index in [1.165, 1.54) is 7.11 Å². The highest BCUT2D eigenvalue weighted by Crippen LogP contribution is 2.47. The lowest BCUT2D eigenvalue weighted by Crippen LogP contribution is -2.17. The van der Waals surface area contributed by atoms with Gasteiger partial charge in [-0.25, -0.2) is 9.78 Å². The molecule has 5 rings (SSSR count). The predicted molar refractivity (Wildman–Crippen MR) is 144 cm³/mol. The molecule has 9 heteroatoms. The predicted octanol–water partition coefficient (Wildman–Crippen LogP) is 7.12. The van der Waals surface area contributed by atoms with Crippen LogP contribution in [0.15, 0.2) is 77.2 Å². The van der Waals surface area contributed by atoms with Crippen LogP contribution in [0.2, 0.25) is 0 Å². The lowest BCUT2D eigenvalue weighted by molar-refractivity contribution is 0.0703. The minimum absolute atomic E-state index is 0.00835. The van der Waals surface area contributed by atoms with E-state index in [1.54, 1.807) is 6.07 Å². The van der Waals surface area contributed by atoms with Crippen molar-refractivity contribution in [2.24, 2.45) is 0 Å². The fourth-order valence-electron chi connectivity index (χ4n) is 4.04. The summed E-state index contributed by atoms with van der Waals surface area (Å²) in [5, 5.41) is 14.6. The summed E-state index contributed by atoms with van der Waals surface area (Å²) in [6.07, 6.45) is 0. The first-order valence-electron chi connectivity index (χ1n) is 11.1. The van der Waals surface area contributed by atoms with Gasteiger partial charge in [0, 0.05) is 23.6 Å². The number of aromatic carboxylic acids is 1. The topological polar surface area (TPSA) is 102 Å². The van der Waals surface area contributed by atoms with Gasteiger partial charge in [-0.15, -0.1) is 11.3 Å². The highest BCUT2D eigenvalue weighted by atomic mass is 32.1. The van der Waals surface area contributed by atoms with Gasteiger partial charge in [-0.05, 0) is 37.6 Å². The highest BCUT2D eigenvalue weighted by molar-refractivity contribution is 7.68. The van der Waals surface area contributed by atoms with Crippen LogP contribution >= 0.6 is 18.9 Å². The van der Waals surface area contributed by atoms with Gasteiger partial charge in [-0.3, -0.25) is 9.65 Å². The number of furan rings is 1. The van der Waals surface area contributed by atoms with E-state index < -0.39 is 13.5 Å². The van der Waals surface area contributed by atoms with Crippen LogP contribution in [0, 0.1) is 13.8 Å². The van der Waals surface area contributed by atoms with Crippen LogP contribution in [0.5, 0.6) is 0 Å². The molecule has 2 aromatic heterocycles. The number of thiazole rings is 1. The summed E-state index contributed by atoms with van der Waals surface area (Å²) in [4.78, 5) is 16.4. The van der Waals surface area contributed by atoms with Crippen LogP contribution in [0.3, 0.4) is 0 Å². The molecule has 0 radical (unpaired) electrons. The molecule has 3 aromatic carbocycles.